The lowest BCUT2D eigenvalue weighted by atomic mass is 9.89. The van der Waals surface area contributed by atoms with Gasteiger partial charge in [0.2, 0.25) is 0 Å². The molecule has 1 rings (SSSR count). The SMILES string of the molecule is C=C(C)NCC1CCCCC1. The predicted octanol–water partition coefficient (Wildman–Crippen LogP) is 2.69. The van der Waals surface area contributed by atoms with Gasteiger partial charge in [0.25, 0.3) is 0 Å². The molecule has 64 valence electrons. The number of nitrogens with one attached hydrogen (secondary N) is 1. The van der Waals surface area contributed by atoms with Gasteiger partial charge in [-0.3, -0.25) is 0 Å². The van der Waals surface area contributed by atoms with Crippen molar-refractivity contribution in [3.8, 4) is 0 Å². The first-order chi connectivity index (χ1) is 5.29. The molecular weight excluding hydrogens is 134 g/mol. The van der Waals surface area contributed by atoms with E-state index in [0.717, 1.165) is 18.2 Å². The Labute approximate surface area is 69.9 Å². The van der Waals surface area contributed by atoms with E-state index in [1.807, 2.05) is 6.92 Å². The maximum absolute atomic E-state index is 3.83. The number of allylic oxidation sites excluding steroid dienone is 1. The van der Waals surface area contributed by atoms with E-state index in [0.29, 0.717) is 0 Å². The van der Waals surface area contributed by atoms with Crippen LogP contribution in [0.3, 0.4) is 0 Å². The maximum atomic E-state index is 3.83. The van der Waals surface area contributed by atoms with Gasteiger partial charge in [0.05, 0.1) is 0 Å². The van der Waals surface area contributed by atoms with Gasteiger partial charge in [-0.1, -0.05) is 25.8 Å². The topological polar surface area (TPSA) is 12.0 Å². The molecule has 0 bridgehead atoms. The summed E-state index contributed by atoms with van der Waals surface area (Å²) >= 11 is 0. The first-order valence-electron chi connectivity index (χ1n) is 4.68. The van der Waals surface area contributed by atoms with Crippen molar-refractivity contribution in [2.24, 2.45) is 5.92 Å². The highest BCUT2D eigenvalue weighted by Gasteiger charge is 2.11. The van der Waals surface area contributed by atoms with Crippen molar-refractivity contribution >= 4 is 0 Å². The van der Waals surface area contributed by atoms with Crippen LogP contribution in [-0.4, -0.2) is 6.54 Å². The van der Waals surface area contributed by atoms with Crippen molar-refractivity contribution in [2.45, 2.75) is 39.0 Å². The van der Waals surface area contributed by atoms with Gasteiger partial charge in [0.1, 0.15) is 0 Å². The minimum absolute atomic E-state index is 0.917. The van der Waals surface area contributed by atoms with Crippen molar-refractivity contribution in [1.29, 1.82) is 0 Å². The van der Waals surface area contributed by atoms with Crippen LogP contribution < -0.4 is 5.32 Å². The second-order valence-corrected chi connectivity index (χ2v) is 3.67. The van der Waals surface area contributed by atoms with Crippen LogP contribution >= 0.6 is 0 Å². The fourth-order valence-corrected chi connectivity index (χ4v) is 1.71. The molecule has 0 saturated heterocycles. The van der Waals surface area contributed by atoms with Crippen LogP contribution in [0.25, 0.3) is 0 Å². The molecule has 1 aliphatic rings. The molecule has 1 aliphatic carbocycles. The molecular formula is C10H19N. The molecule has 11 heavy (non-hydrogen) atoms. The van der Waals surface area contributed by atoms with Gasteiger partial charge < -0.3 is 5.32 Å². The average Bonchev–Trinajstić information content (AvgIpc) is 2.03. The highest BCUT2D eigenvalue weighted by molar-refractivity contribution is 4.85. The summed E-state index contributed by atoms with van der Waals surface area (Å²) in [4.78, 5) is 0. The fourth-order valence-electron chi connectivity index (χ4n) is 1.71. The summed E-state index contributed by atoms with van der Waals surface area (Å²) < 4.78 is 0. The highest BCUT2D eigenvalue weighted by Crippen LogP contribution is 2.22. The van der Waals surface area contributed by atoms with E-state index in [1.165, 1.54) is 32.1 Å². The smallest absolute Gasteiger partial charge is 0.0172 e. The molecule has 1 nitrogen and oxygen atoms in total. The van der Waals surface area contributed by atoms with Gasteiger partial charge in [-0.05, 0) is 25.7 Å². The van der Waals surface area contributed by atoms with Gasteiger partial charge in [-0.2, -0.15) is 0 Å². The van der Waals surface area contributed by atoms with Crippen LogP contribution in [0.1, 0.15) is 39.0 Å². The highest BCUT2D eigenvalue weighted by atomic mass is 14.9. The molecule has 0 heterocycles. The first kappa shape index (κ1) is 8.63. The second-order valence-electron chi connectivity index (χ2n) is 3.67. The minimum Gasteiger partial charge on any atom is -0.389 e. The largest absolute Gasteiger partial charge is 0.389 e. The van der Waals surface area contributed by atoms with E-state index in [-0.39, 0.29) is 0 Å². The summed E-state index contributed by atoms with van der Waals surface area (Å²) in [5, 5.41) is 3.32. The van der Waals surface area contributed by atoms with Crippen molar-refractivity contribution < 1.29 is 0 Å². The molecule has 1 fully saturated rings. The van der Waals surface area contributed by atoms with Gasteiger partial charge in [-0.15, -0.1) is 0 Å². The zero-order valence-corrected chi connectivity index (χ0v) is 7.53. The van der Waals surface area contributed by atoms with Crippen molar-refractivity contribution in [1.82, 2.24) is 5.32 Å². The Balaban J connectivity index is 2.09. The predicted molar refractivity (Wildman–Crippen MR) is 49.4 cm³/mol. The average molecular weight is 153 g/mol. The maximum Gasteiger partial charge on any atom is 0.0172 e. The third kappa shape index (κ3) is 3.45. The van der Waals surface area contributed by atoms with Gasteiger partial charge in [0, 0.05) is 12.2 Å². The Bertz CT molecular complexity index is 123. The zero-order chi connectivity index (χ0) is 8.10. The molecule has 0 aromatic rings. The summed E-state index contributed by atoms with van der Waals surface area (Å²) in [6, 6.07) is 0. The molecule has 1 N–H and O–H groups in total. The van der Waals surface area contributed by atoms with E-state index in [1.54, 1.807) is 0 Å². The lowest BCUT2D eigenvalue weighted by Gasteiger charge is -2.22. The van der Waals surface area contributed by atoms with Crippen molar-refractivity contribution in [2.75, 3.05) is 6.54 Å². The van der Waals surface area contributed by atoms with Crippen molar-refractivity contribution in [3.63, 3.8) is 0 Å². The molecule has 1 heteroatoms. The third-order valence-electron chi connectivity index (χ3n) is 2.42. The van der Waals surface area contributed by atoms with Gasteiger partial charge >= 0.3 is 0 Å². The molecule has 1 saturated carbocycles. The van der Waals surface area contributed by atoms with Crippen LogP contribution in [0.5, 0.6) is 0 Å². The second kappa shape index (κ2) is 4.42. The molecule has 0 spiro atoms. The van der Waals surface area contributed by atoms with E-state index < -0.39 is 0 Å². The number of rotatable bonds is 3. The number of hydrogen-bond acceptors (Lipinski definition) is 1. The van der Waals surface area contributed by atoms with Crippen LogP contribution in [0, 0.1) is 5.92 Å². The van der Waals surface area contributed by atoms with E-state index >= 15 is 0 Å². The van der Waals surface area contributed by atoms with Gasteiger partial charge in [0.15, 0.2) is 0 Å². The number of hydrogen-bond donors (Lipinski definition) is 1. The van der Waals surface area contributed by atoms with Gasteiger partial charge in [-0.25, -0.2) is 0 Å². The van der Waals surface area contributed by atoms with Crippen LogP contribution in [-0.2, 0) is 0 Å². The Hall–Kier alpha value is -0.460. The monoisotopic (exact) mass is 153 g/mol. The van der Waals surface area contributed by atoms with Crippen LogP contribution in [0.2, 0.25) is 0 Å². The molecule has 0 unspecified atom stereocenters. The lowest BCUT2D eigenvalue weighted by molar-refractivity contribution is 0.351. The Morgan fingerprint density at radius 1 is 1.36 bits per heavy atom. The third-order valence-corrected chi connectivity index (χ3v) is 2.42. The lowest BCUT2D eigenvalue weighted by Crippen LogP contribution is -2.22. The standard InChI is InChI=1S/C10H19N/c1-9(2)11-8-10-6-4-3-5-7-10/h10-11H,1,3-8H2,2H3. The first-order valence-corrected chi connectivity index (χ1v) is 4.68. The van der Waals surface area contributed by atoms with E-state index in [9.17, 15) is 0 Å². The molecule has 0 aliphatic heterocycles. The molecule has 0 aromatic heterocycles. The Morgan fingerprint density at radius 2 is 2.00 bits per heavy atom. The summed E-state index contributed by atoms with van der Waals surface area (Å²) in [6.45, 7) is 7.01. The van der Waals surface area contributed by atoms with E-state index in [4.69, 9.17) is 0 Å². The molecule has 0 radical (unpaired) electrons. The van der Waals surface area contributed by atoms with Crippen molar-refractivity contribution in [3.05, 3.63) is 12.3 Å². The summed E-state index contributed by atoms with van der Waals surface area (Å²) in [6.07, 6.45) is 7.15. The zero-order valence-electron chi connectivity index (χ0n) is 7.53. The molecule has 0 atom stereocenters. The molecule has 0 amide bonds. The fraction of sp³-hybridized carbons (Fsp3) is 0.800. The normalized spacial score (nSPS) is 19.7. The minimum atomic E-state index is 0.917. The molecule has 0 aromatic carbocycles. The summed E-state index contributed by atoms with van der Waals surface area (Å²) in [5.41, 5.74) is 1.11. The quantitative estimate of drug-likeness (QED) is 0.657. The Morgan fingerprint density at radius 3 is 2.55 bits per heavy atom. The van der Waals surface area contributed by atoms with Crippen LogP contribution in [0.4, 0.5) is 0 Å². The Kier molecular flexibility index (Phi) is 3.47. The van der Waals surface area contributed by atoms with E-state index in [2.05, 4.69) is 11.9 Å². The van der Waals surface area contributed by atoms with Crippen LogP contribution in [0.15, 0.2) is 12.3 Å². The summed E-state index contributed by atoms with van der Waals surface area (Å²) in [7, 11) is 0. The summed E-state index contributed by atoms with van der Waals surface area (Å²) in [5.74, 6) is 0.917.